The average Bonchev–Trinajstić information content (AvgIpc) is 3.05. The number of carbonyl (C=O) groups is 2. The first-order chi connectivity index (χ1) is 11.1. The lowest BCUT2D eigenvalue weighted by Crippen LogP contribution is -2.52. The smallest absolute Gasteiger partial charge is 0.247 e. The zero-order chi connectivity index (χ0) is 16.2. The van der Waals surface area contributed by atoms with Crippen molar-refractivity contribution in [3.8, 4) is 0 Å². The van der Waals surface area contributed by atoms with Crippen molar-refractivity contribution in [1.29, 1.82) is 0 Å². The second kappa shape index (κ2) is 7.06. The Balaban J connectivity index is 1.72. The maximum Gasteiger partial charge on any atom is 0.247 e. The van der Waals surface area contributed by atoms with Crippen LogP contribution < -0.4 is 5.32 Å². The van der Waals surface area contributed by atoms with Gasteiger partial charge in [0, 0.05) is 32.6 Å². The quantitative estimate of drug-likeness (QED) is 0.893. The number of nitrogens with one attached hydrogen (secondary N) is 1. The first-order valence-electron chi connectivity index (χ1n) is 7.85. The van der Waals surface area contributed by atoms with Crippen LogP contribution in [0.5, 0.6) is 0 Å². The number of hydrogen-bond donors (Lipinski definition) is 1. The van der Waals surface area contributed by atoms with Gasteiger partial charge in [-0.1, -0.05) is 12.1 Å². The van der Waals surface area contributed by atoms with Gasteiger partial charge in [-0.05, 0) is 24.1 Å². The lowest BCUT2D eigenvalue weighted by molar-refractivity contribution is -0.147. The predicted octanol–water partition coefficient (Wildman–Crippen LogP) is 0.853. The number of piperazine rings is 1. The maximum absolute atomic E-state index is 13.5. The van der Waals surface area contributed by atoms with Crippen molar-refractivity contribution >= 4 is 11.8 Å². The molecule has 1 N–H and O–H groups in total. The van der Waals surface area contributed by atoms with Crippen LogP contribution in [-0.2, 0) is 14.4 Å². The van der Waals surface area contributed by atoms with Gasteiger partial charge in [0.1, 0.15) is 11.9 Å². The van der Waals surface area contributed by atoms with Crippen molar-refractivity contribution in [2.45, 2.75) is 18.9 Å². The third kappa shape index (κ3) is 3.68. The standard InChI is InChI=1S/C16H20FN3O3/c17-13-4-1-3-12(11-13)15-16(22)18-6-9-20(15)14(21)5-8-19-7-2-10-23-19/h1,3-4,11,15H,2,5-10H2,(H,18,22)/t15-/m1/s1. The van der Waals surface area contributed by atoms with Crippen LogP contribution in [0, 0.1) is 5.82 Å². The lowest BCUT2D eigenvalue weighted by Gasteiger charge is -2.35. The van der Waals surface area contributed by atoms with E-state index < -0.39 is 11.9 Å². The van der Waals surface area contributed by atoms with Gasteiger partial charge in [0.25, 0.3) is 0 Å². The van der Waals surface area contributed by atoms with Crippen molar-refractivity contribution in [1.82, 2.24) is 15.3 Å². The Morgan fingerprint density at radius 2 is 2.26 bits per heavy atom. The SMILES string of the molecule is O=C1NCCN(C(=O)CCN2CCCO2)[C@@H]1c1cccc(F)c1. The summed E-state index contributed by atoms with van der Waals surface area (Å²) >= 11 is 0. The molecular formula is C16H20FN3O3. The fourth-order valence-electron chi connectivity index (χ4n) is 2.98. The van der Waals surface area contributed by atoms with Crippen LogP contribution >= 0.6 is 0 Å². The second-order valence-corrected chi connectivity index (χ2v) is 5.70. The van der Waals surface area contributed by atoms with E-state index >= 15 is 0 Å². The number of hydrogen-bond acceptors (Lipinski definition) is 4. The minimum Gasteiger partial charge on any atom is -0.352 e. The van der Waals surface area contributed by atoms with E-state index in [2.05, 4.69) is 5.32 Å². The minimum absolute atomic E-state index is 0.121. The molecule has 0 saturated carbocycles. The highest BCUT2D eigenvalue weighted by Gasteiger charge is 2.34. The van der Waals surface area contributed by atoms with Crippen LogP contribution in [-0.4, -0.2) is 54.6 Å². The molecule has 2 fully saturated rings. The van der Waals surface area contributed by atoms with Gasteiger partial charge in [-0.15, -0.1) is 0 Å². The topological polar surface area (TPSA) is 61.9 Å². The fourth-order valence-corrected chi connectivity index (χ4v) is 2.98. The lowest BCUT2D eigenvalue weighted by atomic mass is 10.0. The van der Waals surface area contributed by atoms with Gasteiger partial charge in [-0.25, -0.2) is 4.39 Å². The summed E-state index contributed by atoms with van der Waals surface area (Å²) in [4.78, 5) is 31.7. The summed E-state index contributed by atoms with van der Waals surface area (Å²) in [5, 5.41) is 4.52. The molecule has 2 saturated heterocycles. The Bertz CT molecular complexity index is 590. The van der Waals surface area contributed by atoms with Crippen molar-refractivity contribution < 1.29 is 18.8 Å². The van der Waals surface area contributed by atoms with Gasteiger partial charge >= 0.3 is 0 Å². The molecule has 0 aromatic heterocycles. The number of hydroxylamine groups is 2. The highest BCUT2D eigenvalue weighted by atomic mass is 19.1. The molecule has 1 aromatic rings. The Hall–Kier alpha value is -1.99. The van der Waals surface area contributed by atoms with E-state index in [9.17, 15) is 14.0 Å². The first kappa shape index (κ1) is 15.9. The van der Waals surface area contributed by atoms with Gasteiger partial charge in [0.15, 0.2) is 0 Å². The van der Waals surface area contributed by atoms with Crippen molar-refractivity contribution in [2.24, 2.45) is 0 Å². The number of carbonyl (C=O) groups excluding carboxylic acids is 2. The molecule has 2 aliphatic heterocycles. The van der Waals surface area contributed by atoms with Crippen molar-refractivity contribution in [2.75, 3.05) is 32.8 Å². The van der Waals surface area contributed by atoms with E-state index in [0.29, 0.717) is 31.8 Å². The molecule has 2 aliphatic rings. The van der Waals surface area contributed by atoms with Crippen LogP contribution in [0.1, 0.15) is 24.4 Å². The van der Waals surface area contributed by atoms with E-state index in [-0.39, 0.29) is 18.2 Å². The molecular weight excluding hydrogens is 301 g/mol. The van der Waals surface area contributed by atoms with Crippen LogP contribution in [0.3, 0.4) is 0 Å². The van der Waals surface area contributed by atoms with Gasteiger partial charge in [0.2, 0.25) is 11.8 Å². The molecule has 124 valence electrons. The van der Waals surface area contributed by atoms with Crippen LogP contribution in [0.2, 0.25) is 0 Å². The van der Waals surface area contributed by atoms with Gasteiger partial charge < -0.3 is 10.2 Å². The van der Waals surface area contributed by atoms with Crippen LogP contribution in [0.4, 0.5) is 4.39 Å². The molecule has 2 heterocycles. The number of rotatable bonds is 4. The normalized spacial score (nSPS) is 22.2. The molecule has 1 atom stereocenters. The van der Waals surface area contributed by atoms with E-state index in [0.717, 1.165) is 13.0 Å². The van der Waals surface area contributed by atoms with Crippen molar-refractivity contribution in [3.63, 3.8) is 0 Å². The number of halogens is 1. The zero-order valence-electron chi connectivity index (χ0n) is 12.8. The number of amides is 2. The molecule has 6 nitrogen and oxygen atoms in total. The molecule has 0 bridgehead atoms. The van der Waals surface area contributed by atoms with Gasteiger partial charge in [0.05, 0.1) is 6.61 Å². The first-order valence-corrected chi connectivity index (χ1v) is 7.85. The largest absolute Gasteiger partial charge is 0.352 e. The summed E-state index contributed by atoms with van der Waals surface area (Å²) in [6.45, 7) is 2.85. The molecule has 23 heavy (non-hydrogen) atoms. The second-order valence-electron chi connectivity index (χ2n) is 5.70. The highest BCUT2D eigenvalue weighted by molar-refractivity contribution is 5.89. The molecule has 0 radical (unpaired) electrons. The van der Waals surface area contributed by atoms with E-state index in [4.69, 9.17) is 4.84 Å². The Morgan fingerprint density at radius 1 is 1.39 bits per heavy atom. The summed E-state index contributed by atoms with van der Waals surface area (Å²) in [5.74, 6) is -0.809. The van der Waals surface area contributed by atoms with Crippen LogP contribution in [0.25, 0.3) is 0 Å². The number of benzene rings is 1. The molecule has 0 spiro atoms. The average molecular weight is 321 g/mol. The molecule has 3 rings (SSSR count). The third-order valence-electron chi connectivity index (χ3n) is 4.10. The maximum atomic E-state index is 13.5. The van der Waals surface area contributed by atoms with E-state index in [1.54, 1.807) is 17.2 Å². The Kier molecular flexibility index (Phi) is 4.88. The zero-order valence-corrected chi connectivity index (χ0v) is 12.8. The predicted molar refractivity (Wildman–Crippen MR) is 80.6 cm³/mol. The number of nitrogens with zero attached hydrogens (tertiary/aromatic N) is 2. The van der Waals surface area contributed by atoms with E-state index in [1.165, 1.54) is 17.0 Å². The minimum atomic E-state index is -0.772. The third-order valence-corrected chi connectivity index (χ3v) is 4.10. The summed E-state index contributed by atoms with van der Waals surface area (Å²) < 4.78 is 13.5. The fraction of sp³-hybridized carbons (Fsp3) is 0.500. The molecule has 1 aromatic carbocycles. The molecule has 0 unspecified atom stereocenters. The Labute approximate surface area is 134 Å². The highest BCUT2D eigenvalue weighted by Crippen LogP contribution is 2.24. The Morgan fingerprint density at radius 3 is 3.00 bits per heavy atom. The van der Waals surface area contributed by atoms with Gasteiger partial charge in [-0.3, -0.25) is 14.4 Å². The summed E-state index contributed by atoms with van der Waals surface area (Å²) in [7, 11) is 0. The molecule has 2 amide bonds. The van der Waals surface area contributed by atoms with E-state index in [1.807, 2.05) is 0 Å². The summed E-state index contributed by atoms with van der Waals surface area (Å²) in [6, 6.07) is 5.07. The van der Waals surface area contributed by atoms with Gasteiger partial charge in [-0.2, -0.15) is 5.06 Å². The van der Waals surface area contributed by atoms with Crippen LogP contribution in [0.15, 0.2) is 24.3 Å². The molecule has 0 aliphatic carbocycles. The summed E-state index contributed by atoms with van der Waals surface area (Å²) in [6.07, 6.45) is 1.24. The molecule has 7 heteroatoms. The monoisotopic (exact) mass is 321 g/mol. The van der Waals surface area contributed by atoms with Crippen molar-refractivity contribution in [3.05, 3.63) is 35.6 Å². The summed E-state index contributed by atoms with van der Waals surface area (Å²) in [5.41, 5.74) is 0.493.